The summed E-state index contributed by atoms with van der Waals surface area (Å²) >= 11 is 0. The van der Waals surface area contributed by atoms with Crippen LogP contribution in [0.25, 0.3) is 0 Å². The third-order valence-corrected chi connectivity index (χ3v) is 6.80. The van der Waals surface area contributed by atoms with Crippen LogP contribution < -0.4 is 4.90 Å². The fraction of sp³-hybridized carbons (Fsp3) is 0.750. The number of morpholine rings is 1. The Morgan fingerprint density at radius 1 is 0.879 bits per heavy atom. The van der Waals surface area contributed by atoms with Gasteiger partial charge in [0.2, 0.25) is 6.41 Å². The molecule has 1 fully saturated rings. The summed E-state index contributed by atoms with van der Waals surface area (Å²) in [4.78, 5) is 18.2. The summed E-state index contributed by atoms with van der Waals surface area (Å²) in [5, 5.41) is 0. The first-order valence-electron chi connectivity index (χ1n) is 13.5. The van der Waals surface area contributed by atoms with Crippen LogP contribution >= 0.6 is 0 Å². The van der Waals surface area contributed by atoms with E-state index in [2.05, 4.69) is 34.9 Å². The molecule has 0 aliphatic carbocycles. The van der Waals surface area contributed by atoms with Gasteiger partial charge in [-0.15, -0.1) is 0 Å². The summed E-state index contributed by atoms with van der Waals surface area (Å²) < 4.78 is 5.48. The molecule has 0 atom stereocenters. The highest BCUT2D eigenvalue weighted by Gasteiger charge is 2.14. The molecule has 1 aromatic rings. The predicted molar refractivity (Wildman–Crippen MR) is 140 cm³/mol. The minimum atomic E-state index is 0.869. The lowest BCUT2D eigenvalue weighted by Gasteiger charge is -2.29. The Morgan fingerprint density at radius 3 is 2.15 bits per heavy atom. The van der Waals surface area contributed by atoms with E-state index in [1.54, 1.807) is 4.90 Å². The minimum Gasteiger partial charge on any atom is -0.379 e. The van der Waals surface area contributed by atoms with Gasteiger partial charge in [-0.25, -0.2) is 0 Å². The molecule has 33 heavy (non-hydrogen) atoms. The van der Waals surface area contributed by atoms with E-state index in [0.717, 1.165) is 64.6 Å². The zero-order valence-electron chi connectivity index (χ0n) is 21.5. The van der Waals surface area contributed by atoms with Gasteiger partial charge >= 0.3 is 0 Å². The highest BCUT2D eigenvalue weighted by atomic mass is 16.5. The van der Waals surface area contributed by atoms with Gasteiger partial charge in [0.25, 0.3) is 0 Å². The third-order valence-electron chi connectivity index (χ3n) is 6.80. The summed E-state index contributed by atoms with van der Waals surface area (Å²) in [5.74, 6) is 0. The van der Waals surface area contributed by atoms with E-state index in [1.807, 2.05) is 13.1 Å². The number of ether oxygens (including phenoxy) is 1. The molecular weight excluding hydrogens is 410 g/mol. The molecule has 5 nitrogen and oxygen atoms in total. The highest BCUT2D eigenvalue weighted by molar-refractivity contribution is 5.76. The van der Waals surface area contributed by atoms with Gasteiger partial charge in [-0.2, -0.15) is 0 Å². The second-order valence-corrected chi connectivity index (χ2v) is 9.61. The molecule has 5 heteroatoms. The van der Waals surface area contributed by atoms with E-state index in [9.17, 15) is 4.79 Å². The summed E-state index contributed by atoms with van der Waals surface area (Å²) in [7, 11) is 1.84. The number of unbranched alkanes of at least 4 members (excludes halogenated alkanes) is 9. The van der Waals surface area contributed by atoms with Gasteiger partial charge in [-0.1, -0.05) is 82.9 Å². The lowest BCUT2D eigenvalue weighted by Crippen LogP contribution is -2.38. The predicted octanol–water partition coefficient (Wildman–Crippen LogP) is 5.72. The van der Waals surface area contributed by atoms with Crippen LogP contribution in [-0.2, 0) is 16.1 Å². The molecule has 1 heterocycles. The second-order valence-electron chi connectivity index (χ2n) is 9.61. The minimum absolute atomic E-state index is 0.869. The van der Waals surface area contributed by atoms with E-state index in [0.29, 0.717) is 0 Å². The molecule has 0 N–H and O–H groups in total. The first kappa shape index (κ1) is 27.8. The van der Waals surface area contributed by atoms with Crippen molar-refractivity contribution in [3.8, 4) is 0 Å². The lowest BCUT2D eigenvalue weighted by molar-refractivity contribution is -0.107. The van der Waals surface area contributed by atoms with Crippen LogP contribution in [0, 0.1) is 0 Å². The van der Waals surface area contributed by atoms with Crippen LogP contribution in [0.15, 0.2) is 24.3 Å². The zero-order chi connectivity index (χ0) is 23.6. The van der Waals surface area contributed by atoms with Crippen molar-refractivity contribution in [1.29, 1.82) is 0 Å². The van der Waals surface area contributed by atoms with Gasteiger partial charge in [0.05, 0.1) is 13.2 Å². The normalized spacial score (nSPS) is 14.6. The first-order chi connectivity index (χ1) is 16.2. The van der Waals surface area contributed by atoms with Crippen molar-refractivity contribution >= 4 is 12.1 Å². The molecule has 1 amide bonds. The van der Waals surface area contributed by atoms with E-state index >= 15 is 0 Å². The fourth-order valence-corrected chi connectivity index (χ4v) is 4.72. The second kappa shape index (κ2) is 18.0. The van der Waals surface area contributed by atoms with Crippen molar-refractivity contribution in [2.45, 2.75) is 84.1 Å². The third kappa shape index (κ3) is 12.0. The number of anilines is 1. The smallest absolute Gasteiger partial charge is 0.213 e. The zero-order valence-corrected chi connectivity index (χ0v) is 21.5. The van der Waals surface area contributed by atoms with Gasteiger partial charge in [0.15, 0.2) is 0 Å². The molecule has 2 rings (SSSR count). The Labute approximate surface area is 203 Å². The van der Waals surface area contributed by atoms with Crippen LogP contribution in [0.1, 0.15) is 83.1 Å². The molecule has 1 aliphatic heterocycles. The van der Waals surface area contributed by atoms with E-state index in [4.69, 9.17) is 4.74 Å². The Kier molecular flexibility index (Phi) is 15.1. The first-order valence-corrected chi connectivity index (χ1v) is 13.5. The van der Waals surface area contributed by atoms with Crippen LogP contribution in [-0.4, -0.2) is 69.2 Å². The fourth-order valence-electron chi connectivity index (χ4n) is 4.72. The average Bonchev–Trinajstić information content (AvgIpc) is 2.85. The number of nitrogens with zero attached hydrogens (tertiary/aromatic N) is 3. The molecule has 0 saturated carbocycles. The molecule has 0 aromatic heterocycles. The van der Waals surface area contributed by atoms with Gasteiger partial charge in [-0.3, -0.25) is 14.6 Å². The van der Waals surface area contributed by atoms with E-state index in [-0.39, 0.29) is 0 Å². The van der Waals surface area contributed by atoms with Gasteiger partial charge < -0.3 is 9.64 Å². The van der Waals surface area contributed by atoms with Crippen LogP contribution in [0.3, 0.4) is 0 Å². The maximum Gasteiger partial charge on any atom is 0.213 e. The Balaban J connectivity index is 1.76. The SMILES string of the molecule is CCCCCCCCCCCCN(CCCN1CCOCC1)Cc1ccccc1N(C)C=O. The van der Waals surface area contributed by atoms with Crippen molar-refractivity contribution in [2.24, 2.45) is 0 Å². The number of hydrogen-bond acceptors (Lipinski definition) is 4. The number of carbonyl (C=O) groups excluding carboxylic acids is 1. The number of para-hydroxylation sites is 1. The molecule has 0 radical (unpaired) electrons. The maximum atomic E-state index is 11.4. The topological polar surface area (TPSA) is 36.0 Å². The van der Waals surface area contributed by atoms with E-state index in [1.165, 1.54) is 76.2 Å². The lowest BCUT2D eigenvalue weighted by atomic mass is 10.1. The Morgan fingerprint density at radius 2 is 1.48 bits per heavy atom. The molecule has 0 unspecified atom stereocenters. The molecule has 1 aliphatic rings. The molecule has 0 bridgehead atoms. The highest BCUT2D eigenvalue weighted by Crippen LogP contribution is 2.21. The summed E-state index contributed by atoms with van der Waals surface area (Å²) in [5.41, 5.74) is 2.26. The molecule has 188 valence electrons. The number of benzene rings is 1. The van der Waals surface area contributed by atoms with Crippen molar-refractivity contribution in [3.63, 3.8) is 0 Å². The standard InChI is InChI=1S/C28H49N3O2/c1-3-4-5-6-7-8-9-10-11-14-18-31(20-15-19-30-21-23-33-24-22-30)25-27-16-12-13-17-28(27)29(2)26-32/h12-13,16-17,26H,3-11,14-15,18-25H2,1-2H3. The quantitative estimate of drug-likeness (QED) is 0.196. The van der Waals surface area contributed by atoms with E-state index < -0.39 is 0 Å². The average molecular weight is 460 g/mol. The van der Waals surface area contributed by atoms with Crippen LogP contribution in [0.4, 0.5) is 5.69 Å². The molecule has 1 aromatic carbocycles. The summed E-state index contributed by atoms with van der Waals surface area (Å²) in [6.45, 7) is 10.4. The molecule has 0 spiro atoms. The van der Waals surface area contributed by atoms with Gasteiger partial charge in [0, 0.05) is 32.4 Å². The summed E-state index contributed by atoms with van der Waals surface area (Å²) in [6, 6.07) is 8.33. The molecular formula is C28H49N3O2. The van der Waals surface area contributed by atoms with Gasteiger partial charge in [0.1, 0.15) is 0 Å². The number of carbonyl (C=O) groups is 1. The van der Waals surface area contributed by atoms with Crippen molar-refractivity contribution in [2.75, 3.05) is 57.9 Å². The van der Waals surface area contributed by atoms with Crippen LogP contribution in [0.2, 0.25) is 0 Å². The number of amides is 1. The number of hydrogen-bond donors (Lipinski definition) is 0. The largest absolute Gasteiger partial charge is 0.379 e. The Bertz CT molecular complexity index is 619. The monoisotopic (exact) mass is 459 g/mol. The molecule has 1 saturated heterocycles. The van der Waals surface area contributed by atoms with Gasteiger partial charge in [-0.05, 0) is 44.1 Å². The van der Waals surface area contributed by atoms with Crippen LogP contribution in [0.5, 0.6) is 0 Å². The summed E-state index contributed by atoms with van der Waals surface area (Å²) in [6.07, 6.45) is 15.8. The van der Waals surface area contributed by atoms with Crippen molar-refractivity contribution in [3.05, 3.63) is 29.8 Å². The Hall–Kier alpha value is -1.43. The van der Waals surface area contributed by atoms with Crippen molar-refractivity contribution < 1.29 is 9.53 Å². The van der Waals surface area contributed by atoms with Crippen molar-refractivity contribution in [1.82, 2.24) is 9.80 Å². The number of rotatable bonds is 19. The maximum absolute atomic E-state index is 11.4.